The molecule has 156 valence electrons. The van der Waals surface area contributed by atoms with Crippen molar-refractivity contribution in [1.29, 1.82) is 0 Å². The Kier molecular flexibility index (Phi) is 5.49. The molecule has 31 heavy (non-hydrogen) atoms. The van der Waals surface area contributed by atoms with Crippen molar-refractivity contribution in [3.05, 3.63) is 64.7 Å². The minimum atomic E-state index is -0.653. The molecule has 0 spiro atoms. The van der Waals surface area contributed by atoms with Crippen LogP contribution < -0.4 is 20.9 Å². The van der Waals surface area contributed by atoms with Gasteiger partial charge in [-0.1, -0.05) is 11.3 Å². The van der Waals surface area contributed by atoms with Crippen molar-refractivity contribution >= 4 is 49.9 Å². The number of anilines is 3. The number of methoxy groups -OCH3 is 1. The van der Waals surface area contributed by atoms with Crippen LogP contribution in [0.3, 0.4) is 0 Å². The van der Waals surface area contributed by atoms with Gasteiger partial charge in [-0.05, 0) is 30.3 Å². The van der Waals surface area contributed by atoms with Crippen LogP contribution in [0, 0.1) is 10.1 Å². The summed E-state index contributed by atoms with van der Waals surface area (Å²) in [4.78, 5) is 39.3. The third-order valence-corrected chi connectivity index (χ3v) is 5.00. The van der Waals surface area contributed by atoms with Crippen molar-refractivity contribution in [1.82, 2.24) is 25.4 Å². The number of nitrogens with zero attached hydrogens (tertiary/aromatic N) is 5. The highest BCUT2D eigenvalue weighted by Gasteiger charge is 2.24. The van der Waals surface area contributed by atoms with Crippen LogP contribution in [0.4, 0.5) is 22.5 Å². The van der Waals surface area contributed by atoms with E-state index in [2.05, 4.69) is 36.1 Å². The fourth-order valence-electron chi connectivity index (χ4n) is 2.61. The summed E-state index contributed by atoms with van der Waals surface area (Å²) >= 11 is 1.28. The molecule has 13 heteroatoms. The van der Waals surface area contributed by atoms with Gasteiger partial charge in [0.2, 0.25) is 11.6 Å². The van der Waals surface area contributed by atoms with Gasteiger partial charge in [-0.25, -0.2) is 15.0 Å². The van der Waals surface area contributed by atoms with E-state index in [0.29, 0.717) is 22.0 Å². The normalized spacial score (nSPS) is 10.5. The third kappa shape index (κ3) is 4.30. The zero-order chi connectivity index (χ0) is 21.8. The SMILES string of the molecule is COc1ccc2nc(Nc3ncnc(NNC(=O)c4ccncc4)c3[N+](=O)[O-])sc2c1. The highest BCUT2D eigenvalue weighted by atomic mass is 32.1. The topological polar surface area (TPSA) is 157 Å². The second-order valence-electron chi connectivity index (χ2n) is 5.97. The van der Waals surface area contributed by atoms with Gasteiger partial charge in [0.1, 0.15) is 12.1 Å². The number of amides is 1. The maximum Gasteiger partial charge on any atom is 0.355 e. The number of pyridine rings is 1. The van der Waals surface area contributed by atoms with Crippen LogP contribution in [0.2, 0.25) is 0 Å². The standard InChI is InChI=1S/C18H14N8O4S/c1-30-11-2-3-12-13(8-11)31-18(22-12)23-15-14(26(28)29)16(21-9-20-15)24-25-17(27)10-4-6-19-7-5-10/h2-9H,1H3,(H,25,27)(H2,20,21,22,23,24). The number of ether oxygens (including phenoxy) is 1. The molecule has 3 aromatic heterocycles. The van der Waals surface area contributed by atoms with Crippen LogP contribution in [0.25, 0.3) is 10.2 Å². The Hall–Kier alpha value is -4.39. The Balaban J connectivity index is 1.58. The Bertz CT molecular complexity index is 1260. The summed E-state index contributed by atoms with van der Waals surface area (Å²) in [5.41, 5.74) is 5.42. The van der Waals surface area contributed by atoms with Crippen molar-refractivity contribution in [2.45, 2.75) is 0 Å². The average Bonchev–Trinajstić information content (AvgIpc) is 3.19. The van der Waals surface area contributed by atoms with Crippen LogP contribution in [-0.2, 0) is 0 Å². The van der Waals surface area contributed by atoms with E-state index in [-0.39, 0.29) is 11.6 Å². The third-order valence-electron chi connectivity index (χ3n) is 4.06. The number of rotatable bonds is 7. The summed E-state index contributed by atoms with van der Waals surface area (Å²) < 4.78 is 6.03. The fourth-order valence-corrected chi connectivity index (χ4v) is 3.51. The second kappa shape index (κ2) is 8.54. The molecule has 4 aromatic rings. The van der Waals surface area contributed by atoms with Crippen molar-refractivity contribution in [3.63, 3.8) is 0 Å². The van der Waals surface area contributed by atoms with Crippen LogP contribution in [-0.4, -0.2) is 37.9 Å². The number of nitro groups is 1. The number of hydrogen-bond acceptors (Lipinski definition) is 11. The van der Waals surface area contributed by atoms with Gasteiger partial charge in [0.15, 0.2) is 5.13 Å². The van der Waals surface area contributed by atoms with E-state index >= 15 is 0 Å². The lowest BCUT2D eigenvalue weighted by atomic mass is 10.3. The second-order valence-corrected chi connectivity index (χ2v) is 7.00. The highest BCUT2D eigenvalue weighted by Crippen LogP contribution is 2.34. The predicted molar refractivity (Wildman–Crippen MR) is 113 cm³/mol. The van der Waals surface area contributed by atoms with Crippen molar-refractivity contribution in [2.75, 3.05) is 17.9 Å². The fraction of sp³-hybridized carbons (Fsp3) is 0.0556. The molecule has 0 aliphatic heterocycles. The number of aromatic nitrogens is 4. The van der Waals surface area contributed by atoms with Gasteiger partial charge in [0.25, 0.3) is 5.91 Å². The Morgan fingerprint density at radius 2 is 1.94 bits per heavy atom. The van der Waals surface area contributed by atoms with E-state index in [0.717, 1.165) is 11.0 Å². The number of hydrogen-bond donors (Lipinski definition) is 3. The van der Waals surface area contributed by atoms with Crippen molar-refractivity contribution in [3.8, 4) is 5.75 Å². The summed E-state index contributed by atoms with van der Waals surface area (Å²) in [6.07, 6.45) is 4.04. The maximum atomic E-state index is 12.2. The van der Waals surface area contributed by atoms with Gasteiger partial charge in [0, 0.05) is 18.0 Å². The highest BCUT2D eigenvalue weighted by molar-refractivity contribution is 7.22. The summed E-state index contributed by atoms with van der Waals surface area (Å²) in [6, 6.07) is 8.37. The Labute approximate surface area is 178 Å². The Morgan fingerprint density at radius 3 is 2.68 bits per heavy atom. The molecule has 1 aromatic carbocycles. The molecule has 0 saturated carbocycles. The molecule has 0 atom stereocenters. The molecule has 3 N–H and O–H groups in total. The lowest BCUT2D eigenvalue weighted by Gasteiger charge is -2.09. The molecule has 0 radical (unpaired) electrons. The predicted octanol–water partition coefficient (Wildman–Crippen LogP) is 2.90. The quantitative estimate of drug-likeness (QED) is 0.289. The lowest BCUT2D eigenvalue weighted by Crippen LogP contribution is -2.30. The monoisotopic (exact) mass is 438 g/mol. The molecule has 0 unspecified atom stereocenters. The summed E-state index contributed by atoms with van der Waals surface area (Å²) in [5.74, 6) is -0.101. The number of nitrogens with one attached hydrogen (secondary N) is 3. The zero-order valence-electron chi connectivity index (χ0n) is 15.9. The molecule has 1 amide bonds. The lowest BCUT2D eigenvalue weighted by molar-refractivity contribution is -0.383. The smallest absolute Gasteiger partial charge is 0.355 e. The van der Waals surface area contributed by atoms with E-state index in [1.807, 2.05) is 6.07 Å². The Morgan fingerprint density at radius 1 is 1.16 bits per heavy atom. The van der Waals surface area contributed by atoms with Gasteiger partial charge in [0.05, 0.1) is 22.2 Å². The number of benzene rings is 1. The number of fused-ring (bicyclic) bond motifs is 1. The van der Waals surface area contributed by atoms with Crippen LogP contribution in [0.15, 0.2) is 49.1 Å². The molecular formula is C18H14N8O4S. The zero-order valence-corrected chi connectivity index (χ0v) is 16.7. The van der Waals surface area contributed by atoms with Crippen LogP contribution in [0.1, 0.15) is 10.4 Å². The van der Waals surface area contributed by atoms with E-state index in [9.17, 15) is 14.9 Å². The molecule has 0 aliphatic rings. The first-order valence-corrected chi connectivity index (χ1v) is 9.54. The number of hydrazine groups is 1. The molecule has 3 heterocycles. The van der Waals surface area contributed by atoms with Crippen LogP contribution in [0.5, 0.6) is 5.75 Å². The van der Waals surface area contributed by atoms with Gasteiger partial charge < -0.3 is 10.1 Å². The van der Waals surface area contributed by atoms with Crippen molar-refractivity contribution < 1.29 is 14.5 Å². The molecule has 0 bridgehead atoms. The first-order chi connectivity index (χ1) is 15.0. The maximum absolute atomic E-state index is 12.2. The van der Waals surface area contributed by atoms with Crippen LogP contribution >= 0.6 is 11.3 Å². The van der Waals surface area contributed by atoms with Crippen molar-refractivity contribution in [2.24, 2.45) is 0 Å². The number of thiazole rings is 1. The molecule has 0 saturated heterocycles. The molecular weight excluding hydrogens is 424 g/mol. The average molecular weight is 438 g/mol. The number of carbonyl (C=O) groups excluding carboxylic acids is 1. The minimum Gasteiger partial charge on any atom is -0.497 e. The summed E-state index contributed by atoms with van der Waals surface area (Å²) in [6.45, 7) is 0. The van der Waals surface area contributed by atoms with Gasteiger partial charge >= 0.3 is 5.69 Å². The number of carbonyl (C=O) groups is 1. The van der Waals surface area contributed by atoms with Gasteiger partial charge in [-0.15, -0.1) is 0 Å². The van der Waals surface area contributed by atoms with E-state index < -0.39 is 16.5 Å². The molecule has 0 aliphatic carbocycles. The molecule has 12 nitrogen and oxygen atoms in total. The largest absolute Gasteiger partial charge is 0.497 e. The van der Waals surface area contributed by atoms with E-state index in [1.165, 1.54) is 35.9 Å². The minimum absolute atomic E-state index is 0.0771. The van der Waals surface area contributed by atoms with E-state index in [4.69, 9.17) is 4.74 Å². The van der Waals surface area contributed by atoms with E-state index in [1.54, 1.807) is 19.2 Å². The van der Waals surface area contributed by atoms with Gasteiger partial charge in [-0.2, -0.15) is 0 Å². The summed E-state index contributed by atoms with van der Waals surface area (Å²) in [7, 11) is 1.56. The van der Waals surface area contributed by atoms with Gasteiger partial charge in [-0.3, -0.25) is 30.7 Å². The summed E-state index contributed by atoms with van der Waals surface area (Å²) in [5, 5.41) is 14.9. The first-order valence-electron chi connectivity index (χ1n) is 8.72. The molecule has 0 fully saturated rings. The first kappa shape index (κ1) is 19.9. The molecule has 4 rings (SSSR count).